The summed E-state index contributed by atoms with van der Waals surface area (Å²) in [5, 5.41) is 3.05. The second-order valence-corrected chi connectivity index (χ2v) is 7.76. The minimum Gasteiger partial charge on any atom is -0.379 e. The zero-order valence-electron chi connectivity index (χ0n) is 17.6. The molecule has 1 aliphatic heterocycles. The summed E-state index contributed by atoms with van der Waals surface area (Å²) in [4.78, 5) is 28.6. The first-order valence-electron chi connectivity index (χ1n) is 10.7. The lowest BCUT2D eigenvalue weighted by molar-refractivity contribution is 0.0342. The summed E-state index contributed by atoms with van der Waals surface area (Å²) in [6.45, 7) is 4.62. The van der Waals surface area contributed by atoms with Gasteiger partial charge in [-0.2, -0.15) is 0 Å². The number of fused-ring (bicyclic) bond motifs is 1. The number of imidazole rings is 1. The second-order valence-electron chi connectivity index (χ2n) is 7.76. The number of morpholine rings is 1. The van der Waals surface area contributed by atoms with E-state index in [0.717, 1.165) is 55.4 Å². The predicted octanol–water partition coefficient (Wildman–Crippen LogP) is 2.96. The first kappa shape index (κ1) is 20.3. The highest BCUT2D eigenvalue weighted by Gasteiger charge is 2.16. The third-order valence-corrected chi connectivity index (χ3v) is 5.54. The van der Waals surface area contributed by atoms with Gasteiger partial charge in [0.05, 0.1) is 37.3 Å². The number of pyridine rings is 2. The SMILES string of the molecule is O=C(Nc1ccccc1CN1CCOCC1)c1cnc2c(c1)ncn2Cc1ccccn1. The fraction of sp³-hybridized carbons (Fsp3) is 0.250. The molecule has 1 fully saturated rings. The lowest BCUT2D eigenvalue weighted by Crippen LogP contribution is -2.35. The average molecular weight is 428 g/mol. The van der Waals surface area contributed by atoms with Gasteiger partial charge < -0.3 is 14.6 Å². The van der Waals surface area contributed by atoms with Gasteiger partial charge in [-0.3, -0.25) is 14.7 Å². The van der Waals surface area contributed by atoms with Crippen molar-refractivity contribution in [2.45, 2.75) is 13.1 Å². The van der Waals surface area contributed by atoms with Gasteiger partial charge in [-0.25, -0.2) is 9.97 Å². The molecule has 0 aliphatic carbocycles. The van der Waals surface area contributed by atoms with Gasteiger partial charge in [0.2, 0.25) is 0 Å². The number of nitrogens with zero attached hydrogens (tertiary/aromatic N) is 5. The first-order valence-corrected chi connectivity index (χ1v) is 10.7. The standard InChI is InChI=1S/C24H24N6O2/c31-24(28-21-7-2-1-5-18(21)15-29-9-11-32-12-10-29)19-13-22-23(26-14-19)30(17-27-22)16-20-6-3-4-8-25-20/h1-8,13-14,17H,9-12,15-16H2,(H,28,31). The summed E-state index contributed by atoms with van der Waals surface area (Å²) in [5.41, 5.74) is 4.69. The van der Waals surface area contributed by atoms with Gasteiger partial charge >= 0.3 is 0 Å². The van der Waals surface area contributed by atoms with Crippen LogP contribution in [0.4, 0.5) is 5.69 Å². The Labute approximate surface area is 185 Å². The molecule has 5 rings (SSSR count). The van der Waals surface area contributed by atoms with E-state index >= 15 is 0 Å². The van der Waals surface area contributed by atoms with Crippen LogP contribution < -0.4 is 5.32 Å². The van der Waals surface area contributed by atoms with Crippen molar-refractivity contribution in [2.24, 2.45) is 0 Å². The zero-order chi connectivity index (χ0) is 21.8. The van der Waals surface area contributed by atoms with E-state index in [4.69, 9.17) is 4.74 Å². The lowest BCUT2D eigenvalue weighted by Gasteiger charge is -2.27. The number of para-hydroxylation sites is 1. The molecule has 4 aromatic rings. The molecule has 1 saturated heterocycles. The molecule has 8 nitrogen and oxygen atoms in total. The topological polar surface area (TPSA) is 85.2 Å². The Balaban J connectivity index is 1.32. The van der Waals surface area contributed by atoms with Crippen LogP contribution in [0.5, 0.6) is 0 Å². The largest absolute Gasteiger partial charge is 0.379 e. The molecular weight excluding hydrogens is 404 g/mol. The van der Waals surface area contributed by atoms with E-state index in [0.29, 0.717) is 17.6 Å². The highest BCUT2D eigenvalue weighted by molar-refractivity contribution is 6.05. The average Bonchev–Trinajstić information content (AvgIpc) is 3.23. The predicted molar refractivity (Wildman–Crippen MR) is 121 cm³/mol. The van der Waals surface area contributed by atoms with E-state index in [1.165, 1.54) is 0 Å². The van der Waals surface area contributed by atoms with Gasteiger partial charge in [-0.1, -0.05) is 24.3 Å². The maximum atomic E-state index is 13.0. The molecule has 1 N–H and O–H groups in total. The third kappa shape index (κ3) is 4.51. The number of benzene rings is 1. The fourth-order valence-corrected chi connectivity index (χ4v) is 3.83. The fourth-order valence-electron chi connectivity index (χ4n) is 3.83. The maximum absolute atomic E-state index is 13.0. The summed E-state index contributed by atoms with van der Waals surface area (Å²) >= 11 is 0. The highest BCUT2D eigenvalue weighted by Crippen LogP contribution is 2.20. The highest BCUT2D eigenvalue weighted by atomic mass is 16.5. The molecule has 4 heterocycles. The van der Waals surface area contributed by atoms with E-state index in [-0.39, 0.29) is 5.91 Å². The number of amides is 1. The number of aromatic nitrogens is 4. The molecular formula is C24H24N6O2. The van der Waals surface area contributed by atoms with E-state index < -0.39 is 0 Å². The second kappa shape index (κ2) is 9.25. The van der Waals surface area contributed by atoms with Gasteiger partial charge in [0.15, 0.2) is 5.65 Å². The molecule has 32 heavy (non-hydrogen) atoms. The number of nitrogens with one attached hydrogen (secondary N) is 1. The Morgan fingerprint density at radius 1 is 1.00 bits per heavy atom. The molecule has 0 atom stereocenters. The van der Waals surface area contributed by atoms with E-state index in [1.54, 1.807) is 24.8 Å². The van der Waals surface area contributed by atoms with Crippen molar-refractivity contribution in [2.75, 3.05) is 31.6 Å². The summed E-state index contributed by atoms with van der Waals surface area (Å²) < 4.78 is 7.36. The van der Waals surface area contributed by atoms with Crippen LogP contribution in [0.3, 0.4) is 0 Å². The Bertz CT molecular complexity index is 1220. The molecule has 3 aromatic heterocycles. The number of carbonyl (C=O) groups excluding carboxylic acids is 1. The molecule has 0 spiro atoms. The molecule has 8 heteroatoms. The molecule has 0 unspecified atom stereocenters. The van der Waals surface area contributed by atoms with E-state index in [2.05, 4.69) is 25.2 Å². The Kier molecular flexibility index (Phi) is 5.87. The van der Waals surface area contributed by atoms with Gasteiger partial charge in [0.1, 0.15) is 5.52 Å². The number of hydrogen-bond donors (Lipinski definition) is 1. The van der Waals surface area contributed by atoms with Crippen LogP contribution in [0.25, 0.3) is 11.2 Å². The smallest absolute Gasteiger partial charge is 0.257 e. The number of hydrogen-bond acceptors (Lipinski definition) is 6. The number of anilines is 1. The number of ether oxygens (including phenoxy) is 1. The minimum absolute atomic E-state index is 0.201. The number of carbonyl (C=O) groups is 1. The van der Waals surface area contributed by atoms with Crippen LogP contribution in [0.15, 0.2) is 67.3 Å². The van der Waals surface area contributed by atoms with E-state index in [9.17, 15) is 4.79 Å². The molecule has 0 radical (unpaired) electrons. The molecule has 0 bridgehead atoms. The lowest BCUT2D eigenvalue weighted by atomic mass is 10.1. The van der Waals surface area contributed by atoms with Crippen LogP contribution in [0.1, 0.15) is 21.6 Å². The maximum Gasteiger partial charge on any atom is 0.257 e. The van der Waals surface area contributed by atoms with Crippen molar-refractivity contribution in [3.8, 4) is 0 Å². The molecule has 0 saturated carbocycles. The van der Waals surface area contributed by atoms with Gasteiger partial charge in [0.25, 0.3) is 5.91 Å². The normalized spacial score (nSPS) is 14.5. The van der Waals surface area contributed by atoms with Crippen molar-refractivity contribution in [3.05, 3.63) is 84.1 Å². The Morgan fingerprint density at radius 3 is 2.69 bits per heavy atom. The van der Waals surface area contributed by atoms with E-state index in [1.807, 2.05) is 47.0 Å². The van der Waals surface area contributed by atoms with Crippen LogP contribution in [0, 0.1) is 0 Å². The zero-order valence-corrected chi connectivity index (χ0v) is 17.6. The Hall–Kier alpha value is -3.62. The van der Waals surface area contributed by atoms with Crippen LogP contribution >= 0.6 is 0 Å². The summed E-state index contributed by atoms with van der Waals surface area (Å²) in [7, 11) is 0. The molecule has 1 amide bonds. The Morgan fingerprint density at radius 2 is 1.84 bits per heavy atom. The summed E-state index contributed by atoms with van der Waals surface area (Å²) in [6, 6.07) is 15.5. The first-order chi connectivity index (χ1) is 15.8. The summed E-state index contributed by atoms with van der Waals surface area (Å²) in [5.74, 6) is -0.201. The van der Waals surface area contributed by atoms with Gasteiger partial charge in [0, 0.05) is 37.7 Å². The van der Waals surface area contributed by atoms with Crippen LogP contribution in [-0.4, -0.2) is 56.6 Å². The quantitative estimate of drug-likeness (QED) is 0.508. The van der Waals surface area contributed by atoms with Crippen molar-refractivity contribution in [1.82, 2.24) is 24.4 Å². The molecule has 162 valence electrons. The van der Waals surface area contributed by atoms with Crippen molar-refractivity contribution >= 4 is 22.8 Å². The van der Waals surface area contributed by atoms with Crippen LogP contribution in [0.2, 0.25) is 0 Å². The monoisotopic (exact) mass is 428 g/mol. The van der Waals surface area contributed by atoms with Crippen molar-refractivity contribution < 1.29 is 9.53 Å². The summed E-state index contributed by atoms with van der Waals surface area (Å²) in [6.07, 6.45) is 5.09. The van der Waals surface area contributed by atoms with Crippen LogP contribution in [-0.2, 0) is 17.8 Å². The van der Waals surface area contributed by atoms with Gasteiger partial charge in [-0.05, 0) is 29.8 Å². The van der Waals surface area contributed by atoms with Crippen molar-refractivity contribution in [3.63, 3.8) is 0 Å². The molecule has 1 aromatic carbocycles. The third-order valence-electron chi connectivity index (χ3n) is 5.54. The van der Waals surface area contributed by atoms with Crippen molar-refractivity contribution in [1.29, 1.82) is 0 Å². The van der Waals surface area contributed by atoms with Gasteiger partial charge in [-0.15, -0.1) is 0 Å². The molecule has 1 aliphatic rings. The minimum atomic E-state index is -0.201. The number of rotatable bonds is 6.